The molecule has 174 valence electrons. The van der Waals surface area contributed by atoms with Gasteiger partial charge in [-0.05, 0) is 43.5 Å². The molecule has 11 heteroatoms. The van der Waals surface area contributed by atoms with Crippen LogP contribution in [-0.4, -0.2) is 41.1 Å². The van der Waals surface area contributed by atoms with Crippen LogP contribution in [0.25, 0.3) is 10.9 Å². The maximum Gasteiger partial charge on any atom is 0.416 e. The van der Waals surface area contributed by atoms with E-state index in [4.69, 9.17) is 4.98 Å². The Balaban J connectivity index is 1.40. The van der Waals surface area contributed by atoms with Gasteiger partial charge >= 0.3 is 6.18 Å². The Kier molecular flexibility index (Phi) is 6.47. The van der Waals surface area contributed by atoms with Gasteiger partial charge in [0.1, 0.15) is 11.5 Å². The predicted molar refractivity (Wildman–Crippen MR) is 121 cm³/mol. The first-order valence-corrected chi connectivity index (χ1v) is 10.7. The van der Waals surface area contributed by atoms with E-state index in [9.17, 15) is 23.3 Å². The molecule has 0 aliphatic carbocycles. The first-order chi connectivity index (χ1) is 15.8. The van der Waals surface area contributed by atoms with Crippen molar-refractivity contribution in [2.45, 2.75) is 25.4 Å². The molecule has 2 heterocycles. The SMILES string of the molecule is O=[N+]([O-])c1cc(C(F)(F)F)ccc1NCCCNc1nc(N2CCCC2)nc2ccccc12. The Bertz CT molecular complexity index is 1150. The second-order valence-electron chi connectivity index (χ2n) is 7.78. The van der Waals surface area contributed by atoms with Gasteiger partial charge < -0.3 is 15.5 Å². The predicted octanol–water partition coefficient (Wildman–Crippen LogP) is 5.07. The molecule has 1 aliphatic rings. The van der Waals surface area contributed by atoms with Gasteiger partial charge in [-0.1, -0.05) is 12.1 Å². The number of rotatable bonds is 8. The van der Waals surface area contributed by atoms with Crippen LogP contribution in [0.1, 0.15) is 24.8 Å². The highest BCUT2D eigenvalue weighted by atomic mass is 19.4. The van der Waals surface area contributed by atoms with Crippen LogP contribution < -0.4 is 15.5 Å². The second-order valence-corrected chi connectivity index (χ2v) is 7.78. The summed E-state index contributed by atoms with van der Waals surface area (Å²) in [4.78, 5) is 21.9. The Morgan fingerprint density at radius 3 is 2.48 bits per heavy atom. The number of nitro groups is 1. The third kappa shape index (κ3) is 5.24. The van der Waals surface area contributed by atoms with E-state index < -0.39 is 22.4 Å². The van der Waals surface area contributed by atoms with Crippen molar-refractivity contribution in [3.8, 4) is 0 Å². The lowest BCUT2D eigenvalue weighted by atomic mass is 10.1. The fourth-order valence-electron chi connectivity index (χ4n) is 3.78. The average molecular weight is 460 g/mol. The van der Waals surface area contributed by atoms with E-state index >= 15 is 0 Å². The first kappa shape index (κ1) is 22.6. The van der Waals surface area contributed by atoms with Gasteiger partial charge in [-0.2, -0.15) is 18.2 Å². The number of fused-ring (bicyclic) bond motifs is 1. The van der Waals surface area contributed by atoms with Crippen LogP contribution in [0, 0.1) is 10.1 Å². The van der Waals surface area contributed by atoms with Crippen molar-refractivity contribution in [2.75, 3.05) is 41.7 Å². The van der Waals surface area contributed by atoms with Crippen molar-refractivity contribution in [3.63, 3.8) is 0 Å². The van der Waals surface area contributed by atoms with E-state index in [-0.39, 0.29) is 5.69 Å². The third-order valence-electron chi connectivity index (χ3n) is 5.46. The number of halogens is 3. The number of benzene rings is 2. The number of hydrogen-bond donors (Lipinski definition) is 2. The monoisotopic (exact) mass is 460 g/mol. The molecule has 2 N–H and O–H groups in total. The van der Waals surface area contributed by atoms with Gasteiger partial charge in [-0.15, -0.1) is 0 Å². The number of hydrogen-bond acceptors (Lipinski definition) is 7. The fourth-order valence-corrected chi connectivity index (χ4v) is 3.78. The molecule has 4 rings (SSSR count). The number of alkyl halides is 3. The van der Waals surface area contributed by atoms with E-state index in [1.54, 1.807) is 0 Å². The first-order valence-electron chi connectivity index (χ1n) is 10.7. The molecule has 0 spiro atoms. The quantitative estimate of drug-likeness (QED) is 0.275. The molecule has 33 heavy (non-hydrogen) atoms. The topological polar surface area (TPSA) is 96.2 Å². The van der Waals surface area contributed by atoms with E-state index in [0.717, 1.165) is 49.0 Å². The summed E-state index contributed by atoms with van der Waals surface area (Å²) in [5, 5.41) is 18.3. The van der Waals surface area contributed by atoms with Gasteiger partial charge in [0, 0.05) is 37.6 Å². The summed E-state index contributed by atoms with van der Waals surface area (Å²) in [7, 11) is 0. The zero-order valence-corrected chi connectivity index (χ0v) is 17.7. The van der Waals surface area contributed by atoms with Crippen LogP contribution >= 0.6 is 0 Å². The smallest absolute Gasteiger partial charge is 0.379 e. The molecule has 1 fully saturated rings. The van der Waals surface area contributed by atoms with Gasteiger partial charge in [-0.25, -0.2) is 4.98 Å². The molecule has 0 bridgehead atoms. The number of para-hydroxylation sites is 1. The van der Waals surface area contributed by atoms with Crippen LogP contribution in [-0.2, 0) is 6.18 Å². The summed E-state index contributed by atoms with van der Waals surface area (Å²) < 4.78 is 38.6. The molecule has 3 aromatic rings. The summed E-state index contributed by atoms with van der Waals surface area (Å²) in [6.07, 6.45) is -1.85. The summed E-state index contributed by atoms with van der Waals surface area (Å²) in [6.45, 7) is 2.70. The molecule has 0 radical (unpaired) electrons. The highest BCUT2D eigenvalue weighted by Crippen LogP contribution is 2.35. The van der Waals surface area contributed by atoms with Crippen LogP contribution in [0.2, 0.25) is 0 Å². The maximum absolute atomic E-state index is 12.9. The molecular weight excluding hydrogens is 437 g/mol. The standard InChI is InChI=1S/C22H23F3N6O2/c23-22(24,25)15-8-9-18(19(14-15)31(32)33)26-10-5-11-27-20-16-6-1-2-7-17(16)28-21(29-20)30-12-3-4-13-30/h1-2,6-9,14,26H,3-5,10-13H2,(H,27,28,29). The minimum atomic E-state index is -4.64. The van der Waals surface area contributed by atoms with E-state index in [0.29, 0.717) is 37.3 Å². The molecule has 2 aromatic carbocycles. The lowest BCUT2D eigenvalue weighted by Gasteiger charge is -2.18. The minimum absolute atomic E-state index is 0.0526. The minimum Gasteiger partial charge on any atom is -0.379 e. The third-order valence-corrected chi connectivity index (χ3v) is 5.46. The van der Waals surface area contributed by atoms with Gasteiger partial charge in [0.25, 0.3) is 5.69 Å². The zero-order chi connectivity index (χ0) is 23.4. The normalized spacial score (nSPS) is 14.0. The summed E-state index contributed by atoms with van der Waals surface area (Å²) >= 11 is 0. The van der Waals surface area contributed by atoms with Crippen molar-refractivity contribution < 1.29 is 18.1 Å². The lowest BCUT2D eigenvalue weighted by molar-refractivity contribution is -0.384. The van der Waals surface area contributed by atoms with Gasteiger partial charge in [0.2, 0.25) is 5.95 Å². The molecule has 0 amide bonds. The van der Waals surface area contributed by atoms with Crippen molar-refractivity contribution in [1.82, 2.24) is 9.97 Å². The molecule has 0 saturated carbocycles. The van der Waals surface area contributed by atoms with Gasteiger partial charge in [0.15, 0.2) is 0 Å². The van der Waals surface area contributed by atoms with E-state index in [1.165, 1.54) is 0 Å². The van der Waals surface area contributed by atoms with Crippen molar-refractivity contribution in [3.05, 3.63) is 58.1 Å². The molecule has 1 aromatic heterocycles. The molecule has 0 atom stereocenters. The van der Waals surface area contributed by atoms with E-state index in [2.05, 4.69) is 20.5 Å². The molecule has 1 saturated heterocycles. The number of anilines is 3. The van der Waals surface area contributed by atoms with Crippen LogP contribution in [0.15, 0.2) is 42.5 Å². The summed E-state index contributed by atoms with van der Waals surface area (Å²) in [5.41, 5.74) is -0.757. The average Bonchev–Trinajstić information content (AvgIpc) is 3.33. The summed E-state index contributed by atoms with van der Waals surface area (Å²) in [6, 6.07) is 10.2. The van der Waals surface area contributed by atoms with Crippen LogP contribution in [0.3, 0.4) is 0 Å². The maximum atomic E-state index is 12.9. The molecule has 8 nitrogen and oxygen atoms in total. The molecule has 1 aliphatic heterocycles. The number of aromatic nitrogens is 2. The number of nitrogens with zero attached hydrogens (tertiary/aromatic N) is 4. The van der Waals surface area contributed by atoms with Gasteiger partial charge in [-0.3, -0.25) is 10.1 Å². The van der Waals surface area contributed by atoms with Gasteiger partial charge in [0.05, 0.1) is 16.0 Å². The highest BCUT2D eigenvalue weighted by molar-refractivity contribution is 5.90. The largest absolute Gasteiger partial charge is 0.416 e. The Labute approximate surface area is 188 Å². The summed E-state index contributed by atoms with van der Waals surface area (Å²) in [5.74, 6) is 1.40. The number of nitro benzene ring substituents is 1. The zero-order valence-electron chi connectivity index (χ0n) is 17.7. The Hall–Kier alpha value is -3.63. The molecule has 0 unspecified atom stereocenters. The Morgan fingerprint density at radius 1 is 1.03 bits per heavy atom. The fraction of sp³-hybridized carbons (Fsp3) is 0.364. The van der Waals surface area contributed by atoms with Crippen molar-refractivity contribution >= 4 is 34.0 Å². The second kappa shape index (κ2) is 9.47. The van der Waals surface area contributed by atoms with Crippen LogP contribution in [0.5, 0.6) is 0 Å². The van der Waals surface area contributed by atoms with Crippen molar-refractivity contribution in [2.24, 2.45) is 0 Å². The van der Waals surface area contributed by atoms with Crippen LogP contribution in [0.4, 0.5) is 36.3 Å². The lowest BCUT2D eigenvalue weighted by Crippen LogP contribution is -2.21. The molecular formula is C22H23F3N6O2. The highest BCUT2D eigenvalue weighted by Gasteiger charge is 2.33. The van der Waals surface area contributed by atoms with E-state index in [1.807, 2.05) is 24.3 Å². The Morgan fingerprint density at radius 2 is 1.76 bits per heavy atom. The van der Waals surface area contributed by atoms with Crippen molar-refractivity contribution in [1.29, 1.82) is 0 Å². The number of nitrogens with one attached hydrogen (secondary N) is 2.